The van der Waals surface area contributed by atoms with E-state index in [0.29, 0.717) is 13.0 Å². The van der Waals surface area contributed by atoms with Crippen LogP contribution in [0.5, 0.6) is 0 Å². The van der Waals surface area contributed by atoms with Crippen LogP contribution in [0.4, 0.5) is 0 Å². The quantitative estimate of drug-likeness (QED) is 0.639. The first kappa shape index (κ1) is 9.48. The molecular formula is C8H15NO3. The highest BCUT2D eigenvalue weighted by atomic mass is 16.5. The predicted octanol–water partition coefficient (Wildman–Crippen LogP) is 0.228. The van der Waals surface area contributed by atoms with Crippen LogP contribution in [0.2, 0.25) is 0 Å². The zero-order valence-corrected chi connectivity index (χ0v) is 7.25. The molecule has 1 rings (SSSR count). The molecule has 0 bridgehead atoms. The van der Waals surface area contributed by atoms with Gasteiger partial charge in [-0.05, 0) is 12.8 Å². The molecule has 0 radical (unpaired) electrons. The monoisotopic (exact) mass is 173 g/mol. The molecule has 2 unspecified atom stereocenters. The summed E-state index contributed by atoms with van der Waals surface area (Å²) in [6.07, 6.45) is 1.54. The molecular weight excluding hydrogens is 158 g/mol. The molecule has 4 nitrogen and oxygen atoms in total. The van der Waals surface area contributed by atoms with Crippen molar-refractivity contribution in [3.8, 4) is 0 Å². The highest BCUT2D eigenvalue weighted by Crippen LogP contribution is 2.05. The van der Waals surface area contributed by atoms with Crippen LogP contribution in [0.3, 0.4) is 0 Å². The summed E-state index contributed by atoms with van der Waals surface area (Å²) in [6, 6.07) is -0.192. The van der Waals surface area contributed by atoms with Gasteiger partial charge in [0.05, 0.1) is 6.61 Å². The van der Waals surface area contributed by atoms with Gasteiger partial charge in [-0.3, -0.25) is 10.1 Å². The fourth-order valence-electron chi connectivity index (χ4n) is 1.31. The third kappa shape index (κ3) is 2.46. The lowest BCUT2D eigenvalue weighted by Crippen LogP contribution is -2.43. The SMILES string of the molecule is CCC(NC1CCOC1)C(=O)O. The smallest absolute Gasteiger partial charge is 0.320 e. The molecule has 70 valence electrons. The Morgan fingerprint density at radius 3 is 3.00 bits per heavy atom. The van der Waals surface area contributed by atoms with Gasteiger partial charge in [-0.25, -0.2) is 0 Å². The van der Waals surface area contributed by atoms with E-state index in [1.807, 2.05) is 6.92 Å². The van der Waals surface area contributed by atoms with Crippen molar-refractivity contribution in [3.63, 3.8) is 0 Å². The average Bonchev–Trinajstić information content (AvgIpc) is 2.51. The van der Waals surface area contributed by atoms with Gasteiger partial charge in [-0.15, -0.1) is 0 Å². The van der Waals surface area contributed by atoms with Gasteiger partial charge in [-0.1, -0.05) is 6.92 Å². The second-order valence-corrected chi connectivity index (χ2v) is 3.03. The largest absolute Gasteiger partial charge is 0.480 e. The summed E-state index contributed by atoms with van der Waals surface area (Å²) < 4.78 is 5.13. The number of carbonyl (C=O) groups is 1. The molecule has 0 aliphatic carbocycles. The average molecular weight is 173 g/mol. The highest BCUT2D eigenvalue weighted by Gasteiger charge is 2.22. The lowest BCUT2D eigenvalue weighted by Gasteiger charge is -2.16. The number of rotatable bonds is 4. The summed E-state index contributed by atoms with van der Waals surface area (Å²) in [4.78, 5) is 10.6. The Morgan fingerprint density at radius 1 is 1.83 bits per heavy atom. The van der Waals surface area contributed by atoms with Gasteiger partial charge in [0.15, 0.2) is 0 Å². The standard InChI is InChI=1S/C8H15NO3/c1-2-7(8(10)11)9-6-3-4-12-5-6/h6-7,9H,2-5H2,1H3,(H,10,11). The van der Waals surface area contributed by atoms with Crippen LogP contribution in [-0.2, 0) is 9.53 Å². The van der Waals surface area contributed by atoms with E-state index in [-0.39, 0.29) is 6.04 Å². The van der Waals surface area contributed by atoms with Crippen LogP contribution in [0.25, 0.3) is 0 Å². The Morgan fingerprint density at radius 2 is 2.58 bits per heavy atom. The fourth-order valence-corrected chi connectivity index (χ4v) is 1.31. The van der Waals surface area contributed by atoms with Crippen LogP contribution >= 0.6 is 0 Å². The normalized spacial score (nSPS) is 25.6. The van der Waals surface area contributed by atoms with Crippen molar-refractivity contribution in [2.75, 3.05) is 13.2 Å². The van der Waals surface area contributed by atoms with Crippen LogP contribution < -0.4 is 5.32 Å². The third-order valence-corrected chi connectivity index (χ3v) is 2.07. The minimum absolute atomic E-state index is 0.228. The molecule has 0 amide bonds. The Labute approximate surface area is 71.9 Å². The first-order valence-electron chi connectivity index (χ1n) is 4.30. The number of aliphatic carboxylic acids is 1. The zero-order valence-electron chi connectivity index (χ0n) is 7.25. The van der Waals surface area contributed by atoms with Crippen LogP contribution in [0.1, 0.15) is 19.8 Å². The van der Waals surface area contributed by atoms with Crippen molar-refractivity contribution in [1.29, 1.82) is 0 Å². The van der Waals surface area contributed by atoms with E-state index in [1.165, 1.54) is 0 Å². The van der Waals surface area contributed by atoms with Crippen molar-refractivity contribution < 1.29 is 14.6 Å². The van der Waals surface area contributed by atoms with Crippen LogP contribution in [-0.4, -0.2) is 36.4 Å². The van der Waals surface area contributed by atoms with Gasteiger partial charge in [0.2, 0.25) is 0 Å². The molecule has 2 N–H and O–H groups in total. The van der Waals surface area contributed by atoms with Crippen LogP contribution in [0, 0.1) is 0 Å². The summed E-state index contributed by atoms with van der Waals surface area (Å²) in [5.74, 6) is -0.774. The van der Waals surface area contributed by atoms with E-state index in [0.717, 1.165) is 13.0 Å². The summed E-state index contributed by atoms with van der Waals surface area (Å²) in [5.41, 5.74) is 0. The maximum Gasteiger partial charge on any atom is 0.320 e. The first-order valence-corrected chi connectivity index (χ1v) is 4.30. The molecule has 12 heavy (non-hydrogen) atoms. The Hall–Kier alpha value is -0.610. The predicted molar refractivity (Wildman–Crippen MR) is 44.1 cm³/mol. The summed E-state index contributed by atoms with van der Waals surface area (Å²) in [6.45, 7) is 3.25. The Balaban J connectivity index is 2.30. The number of hydrogen-bond acceptors (Lipinski definition) is 3. The summed E-state index contributed by atoms with van der Waals surface area (Å²) in [5, 5.41) is 11.8. The van der Waals surface area contributed by atoms with Crippen LogP contribution in [0.15, 0.2) is 0 Å². The van der Waals surface area contributed by atoms with Gasteiger partial charge < -0.3 is 9.84 Å². The van der Waals surface area contributed by atoms with Crippen molar-refractivity contribution in [2.45, 2.75) is 31.8 Å². The third-order valence-electron chi connectivity index (χ3n) is 2.07. The highest BCUT2D eigenvalue weighted by molar-refractivity contribution is 5.73. The minimum Gasteiger partial charge on any atom is -0.480 e. The topological polar surface area (TPSA) is 58.6 Å². The van der Waals surface area contributed by atoms with Gasteiger partial charge in [0.25, 0.3) is 0 Å². The van der Waals surface area contributed by atoms with E-state index >= 15 is 0 Å². The number of hydrogen-bond donors (Lipinski definition) is 2. The number of carboxylic acids is 1. The zero-order chi connectivity index (χ0) is 8.97. The number of ether oxygens (including phenoxy) is 1. The molecule has 0 aromatic heterocycles. The molecule has 1 saturated heterocycles. The maximum atomic E-state index is 10.6. The molecule has 2 atom stereocenters. The second-order valence-electron chi connectivity index (χ2n) is 3.03. The molecule has 1 aliphatic heterocycles. The molecule has 4 heteroatoms. The van der Waals surface area contributed by atoms with Gasteiger partial charge in [0.1, 0.15) is 6.04 Å². The molecule has 0 aromatic rings. The van der Waals surface area contributed by atoms with Gasteiger partial charge in [-0.2, -0.15) is 0 Å². The van der Waals surface area contributed by atoms with E-state index in [9.17, 15) is 4.79 Å². The summed E-state index contributed by atoms with van der Waals surface area (Å²) >= 11 is 0. The van der Waals surface area contributed by atoms with Crippen molar-refractivity contribution >= 4 is 5.97 Å². The van der Waals surface area contributed by atoms with Gasteiger partial charge in [0, 0.05) is 12.6 Å². The van der Waals surface area contributed by atoms with Crippen molar-refractivity contribution in [1.82, 2.24) is 5.32 Å². The van der Waals surface area contributed by atoms with Crippen molar-refractivity contribution in [2.24, 2.45) is 0 Å². The van der Waals surface area contributed by atoms with E-state index in [2.05, 4.69) is 5.32 Å². The molecule has 1 heterocycles. The summed E-state index contributed by atoms with van der Waals surface area (Å²) in [7, 11) is 0. The molecule has 0 saturated carbocycles. The first-order chi connectivity index (χ1) is 5.74. The van der Waals surface area contributed by atoms with E-state index < -0.39 is 12.0 Å². The Kier molecular flexibility index (Phi) is 3.49. The fraction of sp³-hybridized carbons (Fsp3) is 0.875. The van der Waals surface area contributed by atoms with Crippen molar-refractivity contribution in [3.05, 3.63) is 0 Å². The minimum atomic E-state index is -0.774. The molecule has 0 spiro atoms. The lowest BCUT2D eigenvalue weighted by atomic mass is 10.2. The molecule has 0 aromatic carbocycles. The molecule has 1 fully saturated rings. The molecule has 1 aliphatic rings. The number of carboxylic acid groups (broad SMARTS) is 1. The second kappa shape index (κ2) is 4.42. The van der Waals surface area contributed by atoms with E-state index in [4.69, 9.17) is 9.84 Å². The lowest BCUT2D eigenvalue weighted by molar-refractivity contribution is -0.139. The van der Waals surface area contributed by atoms with E-state index in [1.54, 1.807) is 0 Å². The van der Waals surface area contributed by atoms with Gasteiger partial charge >= 0.3 is 5.97 Å². The Bertz CT molecular complexity index is 154. The number of nitrogens with one attached hydrogen (secondary N) is 1. The maximum absolute atomic E-state index is 10.6.